The summed E-state index contributed by atoms with van der Waals surface area (Å²) >= 11 is 0. The highest BCUT2D eigenvalue weighted by Crippen LogP contribution is 2.23. The first-order valence-electron chi connectivity index (χ1n) is 7.00. The van der Waals surface area contributed by atoms with E-state index in [2.05, 4.69) is 17.4 Å². The maximum Gasteiger partial charge on any atom is 0.317 e. The number of aryl methyl sites for hydroxylation is 1. The lowest BCUT2D eigenvalue weighted by Gasteiger charge is -2.31. The molecule has 2 amide bonds. The van der Waals surface area contributed by atoms with E-state index in [4.69, 9.17) is 4.52 Å². The highest BCUT2D eigenvalue weighted by atomic mass is 16.5. The first-order chi connectivity index (χ1) is 9.06. The summed E-state index contributed by atoms with van der Waals surface area (Å²) in [7, 11) is 1.78. The number of carbonyl (C=O) groups is 1. The van der Waals surface area contributed by atoms with E-state index in [1.165, 1.54) is 19.3 Å². The molecule has 2 rings (SSSR count). The van der Waals surface area contributed by atoms with Crippen LogP contribution in [-0.4, -0.2) is 29.2 Å². The SMILES string of the molecule is Cc1cc(CN(C)C(=O)NC2CCCCC2C)no1. The van der Waals surface area contributed by atoms with Gasteiger partial charge in [0.1, 0.15) is 11.5 Å². The molecule has 5 heteroatoms. The van der Waals surface area contributed by atoms with Crippen LogP contribution in [0.15, 0.2) is 10.6 Å². The molecule has 1 aliphatic carbocycles. The van der Waals surface area contributed by atoms with Crippen LogP contribution in [0.25, 0.3) is 0 Å². The van der Waals surface area contributed by atoms with Crippen LogP contribution in [0.2, 0.25) is 0 Å². The van der Waals surface area contributed by atoms with Gasteiger partial charge in [-0.15, -0.1) is 0 Å². The van der Waals surface area contributed by atoms with Gasteiger partial charge in [-0.3, -0.25) is 0 Å². The van der Waals surface area contributed by atoms with E-state index in [0.717, 1.165) is 17.9 Å². The van der Waals surface area contributed by atoms with Crippen molar-refractivity contribution in [3.05, 3.63) is 17.5 Å². The van der Waals surface area contributed by atoms with Gasteiger partial charge < -0.3 is 14.7 Å². The number of rotatable bonds is 3. The van der Waals surface area contributed by atoms with Crippen LogP contribution < -0.4 is 5.32 Å². The van der Waals surface area contributed by atoms with Crippen molar-refractivity contribution in [2.75, 3.05) is 7.05 Å². The minimum absolute atomic E-state index is 0.0283. The van der Waals surface area contributed by atoms with Crippen LogP contribution in [0.4, 0.5) is 4.79 Å². The predicted molar refractivity (Wildman–Crippen MR) is 72.7 cm³/mol. The van der Waals surface area contributed by atoms with Crippen LogP contribution in [0.1, 0.15) is 44.1 Å². The molecule has 0 radical (unpaired) electrons. The van der Waals surface area contributed by atoms with Gasteiger partial charge in [0.2, 0.25) is 0 Å². The first kappa shape index (κ1) is 13.9. The summed E-state index contributed by atoms with van der Waals surface area (Å²) in [5.41, 5.74) is 0.784. The predicted octanol–water partition coefficient (Wildman–Crippen LogP) is 2.70. The second-order valence-electron chi connectivity index (χ2n) is 5.60. The Bertz CT molecular complexity index is 430. The quantitative estimate of drug-likeness (QED) is 0.914. The van der Waals surface area contributed by atoms with Crippen molar-refractivity contribution in [2.24, 2.45) is 5.92 Å². The van der Waals surface area contributed by atoms with Gasteiger partial charge in [0.05, 0.1) is 6.54 Å². The van der Waals surface area contributed by atoms with Crippen molar-refractivity contribution in [3.8, 4) is 0 Å². The fourth-order valence-corrected chi connectivity index (χ4v) is 2.61. The molecule has 5 nitrogen and oxygen atoms in total. The molecule has 0 aliphatic heterocycles. The number of nitrogens with one attached hydrogen (secondary N) is 1. The molecule has 1 heterocycles. The molecule has 1 aliphatic rings. The van der Waals surface area contributed by atoms with Gasteiger partial charge in [0.25, 0.3) is 0 Å². The minimum Gasteiger partial charge on any atom is -0.361 e. The van der Waals surface area contributed by atoms with Crippen LogP contribution in [-0.2, 0) is 6.54 Å². The first-order valence-corrected chi connectivity index (χ1v) is 7.00. The molecule has 1 aromatic heterocycles. The summed E-state index contributed by atoms with van der Waals surface area (Å²) in [6, 6.07) is 2.13. The Labute approximate surface area is 114 Å². The van der Waals surface area contributed by atoms with Gasteiger partial charge in [-0.25, -0.2) is 4.79 Å². The summed E-state index contributed by atoms with van der Waals surface area (Å²) in [5.74, 6) is 1.34. The van der Waals surface area contributed by atoms with Crippen molar-refractivity contribution in [1.29, 1.82) is 0 Å². The molecule has 106 valence electrons. The number of urea groups is 1. The average molecular weight is 265 g/mol. The Kier molecular flexibility index (Phi) is 4.45. The molecule has 0 saturated heterocycles. The summed E-state index contributed by atoms with van der Waals surface area (Å²) in [6.07, 6.45) is 4.78. The summed E-state index contributed by atoms with van der Waals surface area (Å²) < 4.78 is 5.00. The average Bonchev–Trinajstić information content (AvgIpc) is 2.77. The zero-order chi connectivity index (χ0) is 13.8. The Morgan fingerprint density at radius 1 is 1.53 bits per heavy atom. The molecule has 1 N–H and O–H groups in total. The van der Waals surface area contributed by atoms with Gasteiger partial charge in [0, 0.05) is 19.2 Å². The lowest BCUT2D eigenvalue weighted by atomic mass is 9.86. The molecular weight excluding hydrogens is 242 g/mol. The molecule has 2 unspecified atom stereocenters. The monoisotopic (exact) mass is 265 g/mol. The second-order valence-corrected chi connectivity index (χ2v) is 5.60. The van der Waals surface area contributed by atoms with E-state index < -0.39 is 0 Å². The van der Waals surface area contributed by atoms with Gasteiger partial charge in [-0.05, 0) is 25.7 Å². The van der Waals surface area contributed by atoms with Crippen molar-refractivity contribution >= 4 is 6.03 Å². The molecular formula is C14H23N3O2. The maximum atomic E-state index is 12.1. The number of amides is 2. The lowest BCUT2D eigenvalue weighted by molar-refractivity contribution is 0.189. The molecule has 0 aromatic carbocycles. The summed E-state index contributed by atoms with van der Waals surface area (Å²) in [4.78, 5) is 13.8. The molecule has 0 spiro atoms. The largest absolute Gasteiger partial charge is 0.361 e. The third-order valence-corrected chi connectivity index (χ3v) is 3.84. The third-order valence-electron chi connectivity index (χ3n) is 3.84. The van der Waals surface area contributed by atoms with Crippen LogP contribution in [0.3, 0.4) is 0 Å². The number of hydrogen-bond acceptors (Lipinski definition) is 3. The van der Waals surface area contributed by atoms with Gasteiger partial charge in [0.15, 0.2) is 0 Å². The zero-order valence-electron chi connectivity index (χ0n) is 12.0. The molecule has 1 saturated carbocycles. The van der Waals surface area contributed by atoms with Gasteiger partial charge in [-0.1, -0.05) is 24.9 Å². The summed E-state index contributed by atoms with van der Waals surface area (Å²) in [5, 5.41) is 7.03. The molecule has 19 heavy (non-hydrogen) atoms. The van der Waals surface area contributed by atoms with E-state index in [-0.39, 0.29) is 6.03 Å². The van der Waals surface area contributed by atoms with Crippen LogP contribution >= 0.6 is 0 Å². The van der Waals surface area contributed by atoms with E-state index in [1.54, 1.807) is 11.9 Å². The smallest absolute Gasteiger partial charge is 0.317 e. The Hall–Kier alpha value is -1.52. The summed E-state index contributed by atoms with van der Waals surface area (Å²) in [6.45, 7) is 4.54. The molecule has 0 bridgehead atoms. The minimum atomic E-state index is -0.0283. The van der Waals surface area contributed by atoms with E-state index in [1.807, 2.05) is 13.0 Å². The van der Waals surface area contributed by atoms with E-state index in [9.17, 15) is 4.79 Å². The zero-order valence-corrected chi connectivity index (χ0v) is 12.0. The Morgan fingerprint density at radius 3 is 2.89 bits per heavy atom. The number of nitrogens with zero attached hydrogens (tertiary/aromatic N) is 2. The lowest BCUT2D eigenvalue weighted by Crippen LogP contribution is -2.46. The van der Waals surface area contributed by atoms with Gasteiger partial charge >= 0.3 is 6.03 Å². The third kappa shape index (κ3) is 3.72. The van der Waals surface area contributed by atoms with Crippen molar-refractivity contribution in [1.82, 2.24) is 15.4 Å². The van der Waals surface area contributed by atoms with Crippen LogP contribution in [0.5, 0.6) is 0 Å². The molecule has 2 atom stereocenters. The highest BCUT2D eigenvalue weighted by Gasteiger charge is 2.24. The maximum absolute atomic E-state index is 12.1. The Balaban J connectivity index is 1.85. The number of hydrogen-bond donors (Lipinski definition) is 1. The van der Waals surface area contributed by atoms with Crippen molar-refractivity contribution in [2.45, 2.75) is 52.1 Å². The van der Waals surface area contributed by atoms with E-state index in [0.29, 0.717) is 18.5 Å². The highest BCUT2D eigenvalue weighted by molar-refractivity contribution is 5.74. The molecule has 1 aromatic rings. The van der Waals surface area contributed by atoms with Crippen LogP contribution in [0, 0.1) is 12.8 Å². The number of carbonyl (C=O) groups excluding carboxylic acids is 1. The second kappa shape index (κ2) is 6.08. The van der Waals surface area contributed by atoms with Gasteiger partial charge in [-0.2, -0.15) is 0 Å². The van der Waals surface area contributed by atoms with Crippen molar-refractivity contribution in [3.63, 3.8) is 0 Å². The Morgan fingerprint density at radius 2 is 2.26 bits per heavy atom. The van der Waals surface area contributed by atoms with Crippen molar-refractivity contribution < 1.29 is 9.32 Å². The number of aromatic nitrogens is 1. The van der Waals surface area contributed by atoms with E-state index >= 15 is 0 Å². The standard InChI is InChI=1S/C14H23N3O2/c1-10-6-4-5-7-13(10)15-14(18)17(3)9-12-8-11(2)19-16-12/h8,10,13H,4-7,9H2,1-3H3,(H,15,18). The fraction of sp³-hybridized carbons (Fsp3) is 0.714. The topological polar surface area (TPSA) is 58.4 Å². The molecule has 1 fully saturated rings. The fourth-order valence-electron chi connectivity index (χ4n) is 2.61. The normalized spacial score (nSPS) is 23.1.